The van der Waals surface area contributed by atoms with Crippen molar-refractivity contribution >= 4 is 11.8 Å². The molecule has 126 valence electrons. The summed E-state index contributed by atoms with van der Waals surface area (Å²) in [4.78, 5) is 23.8. The van der Waals surface area contributed by atoms with Gasteiger partial charge in [-0.25, -0.2) is 0 Å². The Balaban J connectivity index is 1.95. The lowest BCUT2D eigenvalue weighted by molar-refractivity contribution is -0.132. The van der Waals surface area contributed by atoms with Crippen LogP contribution < -0.4 is 20.5 Å². The molecule has 23 heavy (non-hydrogen) atoms. The van der Waals surface area contributed by atoms with E-state index in [9.17, 15) is 9.59 Å². The summed E-state index contributed by atoms with van der Waals surface area (Å²) in [6.45, 7) is 6.44. The molecule has 1 aliphatic heterocycles. The van der Waals surface area contributed by atoms with Crippen LogP contribution in [0.3, 0.4) is 0 Å². The maximum atomic E-state index is 12.2. The van der Waals surface area contributed by atoms with Crippen LogP contribution in [0.2, 0.25) is 0 Å². The Morgan fingerprint density at radius 1 is 1.26 bits per heavy atom. The van der Waals surface area contributed by atoms with Crippen molar-refractivity contribution in [1.29, 1.82) is 0 Å². The number of amides is 2. The highest BCUT2D eigenvalue weighted by Crippen LogP contribution is 2.31. The molecule has 6 heteroatoms. The summed E-state index contributed by atoms with van der Waals surface area (Å²) in [7, 11) is 0. The molecule has 0 fully saturated rings. The molecular weight excluding hydrogens is 296 g/mol. The van der Waals surface area contributed by atoms with Crippen LogP contribution in [-0.4, -0.2) is 30.6 Å². The maximum absolute atomic E-state index is 12.2. The zero-order valence-electron chi connectivity index (χ0n) is 13.8. The first kappa shape index (κ1) is 17.1. The lowest BCUT2D eigenvalue weighted by Gasteiger charge is -2.31. The van der Waals surface area contributed by atoms with E-state index >= 15 is 0 Å². The van der Waals surface area contributed by atoms with E-state index in [2.05, 4.69) is 5.32 Å². The number of primary amides is 1. The van der Waals surface area contributed by atoms with Gasteiger partial charge in [0.25, 0.3) is 0 Å². The number of ether oxygens (including phenoxy) is 2. The molecular formula is C17H24N2O4. The van der Waals surface area contributed by atoms with E-state index in [1.807, 2.05) is 32.0 Å². The first-order chi connectivity index (χ1) is 10.8. The van der Waals surface area contributed by atoms with Crippen LogP contribution in [-0.2, 0) is 16.0 Å². The molecule has 0 bridgehead atoms. The second kappa shape index (κ2) is 6.89. The van der Waals surface area contributed by atoms with Crippen molar-refractivity contribution in [3.63, 3.8) is 0 Å². The fraction of sp³-hybridized carbons (Fsp3) is 0.529. The third-order valence-corrected chi connectivity index (χ3v) is 4.31. The minimum absolute atomic E-state index is 0.0850. The molecule has 1 atom stereocenters. The average molecular weight is 320 g/mol. The molecule has 2 amide bonds. The van der Waals surface area contributed by atoms with Gasteiger partial charge in [0.15, 0.2) is 11.5 Å². The number of carbonyl (C=O) groups excluding carboxylic acids is 2. The summed E-state index contributed by atoms with van der Waals surface area (Å²) in [6.07, 6.45) is 0.824. The van der Waals surface area contributed by atoms with Crippen molar-refractivity contribution in [3.05, 3.63) is 23.8 Å². The maximum Gasteiger partial charge on any atom is 0.243 e. The third-order valence-electron chi connectivity index (χ3n) is 4.31. The second-order valence-electron chi connectivity index (χ2n) is 6.25. The fourth-order valence-corrected chi connectivity index (χ4v) is 2.34. The van der Waals surface area contributed by atoms with Crippen LogP contribution in [0.25, 0.3) is 0 Å². The second-order valence-corrected chi connectivity index (χ2v) is 6.25. The normalized spacial score (nSPS) is 15.8. The van der Waals surface area contributed by atoms with Gasteiger partial charge in [0, 0.05) is 6.42 Å². The van der Waals surface area contributed by atoms with E-state index in [0.29, 0.717) is 25.4 Å². The first-order valence-corrected chi connectivity index (χ1v) is 7.82. The quantitative estimate of drug-likeness (QED) is 0.829. The van der Waals surface area contributed by atoms with E-state index < -0.39 is 11.4 Å². The molecule has 3 N–H and O–H groups in total. The Hall–Kier alpha value is -2.24. The van der Waals surface area contributed by atoms with Crippen LogP contribution >= 0.6 is 0 Å². The summed E-state index contributed by atoms with van der Waals surface area (Å²) in [5, 5.41) is 2.76. The molecule has 1 unspecified atom stereocenters. The molecule has 0 radical (unpaired) electrons. The number of aryl methyl sites for hydroxylation is 1. The van der Waals surface area contributed by atoms with Crippen LogP contribution in [0.4, 0.5) is 0 Å². The number of benzene rings is 1. The van der Waals surface area contributed by atoms with Crippen LogP contribution in [0, 0.1) is 5.92 Å². The summed E-state index contributed by atoms with van der Waals surface area (Å²) in [5.41, 5.74) is 5.36. The van der Waals surface area contributed by atoms with E-state index in [0.717, 1.165) is 11.3 Å². The number of rotatable bonds is 6. The first-order valence-electron chi connectivity index (χ1n) is 7.82. The van der Waals surface area contributed by atoms with Gasteiger partial charge in [0.1, 0.15) is 18.8 Å². The van der Waals surface area contributed by atoms with E-state index in [1.165, 1.54) is 0 Å². The highest BCUT2D eigenvalue weighted by Gasteiger charge is 2.36. The number of hydrogen-bond acceptors (Lipinski definition) is 4. The number of carbonyl (C=O) groups is 2. The van der Waals surface area contributed by atoms with E-state index in [4.69, 9.17) is 15.2 Å². The number of nitrogens with two attached hydrogens (primary N) is 1. The topological polar surface area (TPSA) is 90.7 Å². The van der Waals surface area contributed by atoms with Crippen molar-refractivity contribution in [2.45, 2.75) is 39.2 Å². The summed E-state index contributed by atoms with van der Waals surface area (Å²) in [6, 6.07) is 5.65. The standard InChI is InChI=1S/C17H24N2O4/c1-11(2)17(3,16(18)21)19-15(20)7-5-12-4-6-13-14(10-12)23-9-8-22-13/h4,6,10-11H,5,7-9H2,1-3H3,(H2,18,21)(H,19,20). The molecule has 1 aromatic carbocycles. The molecule has 0 aromatic heterocycles. The minimum atomic E-state index is -1.04. The Kier molecular flexibility index (Phi) is 5.13. The van der Waals surface area contributed by atoms with Gasteiger partial charge < -0.3 is 20.5 Å². The summed E-state index contributed by atoms with van der Waals surface area (Å²) in [5.74, 6) is 0.622. The van der Waals surface area contributed by atoms with Gasteiger partial charge in [0.05, 0.1) is 0 Å². The Bertz CT molecular complexity index is 600. The molecule has 0 spiro atoms. The SMILES string of the molecule is CC(C)C(C)(NC(=O)CCc1ccc2c(c1)OCCO2)C(N)=O. The van der Waals surface area contributed by atoms with Crippen molar-refractivity contribution < 1.29 is 19.1 Å². The van der Waals surface area contributed by atoms with Gasteiger partial charge in [-0.15, -0.1) is 0 Å². The number of fused-ring (bicyclic) bond motifs is 1. The van der Waals surface area contributed by atoms with Gasteiger partial charge in [-0.3, -0.25) is 9.59 Å². The molecule has 0 saturated heterocycles. The van der Waals surface area contributed by atoms with Crippen molar-refractivity contribution in [2.75, 3.05) is 13.2 Å². The number of hydrogen-bond donors (Lipinski definition) is 2. The van der Waals surface area contributed by atoms with Gasteiger partial charge in [-0.1, -0.05) is 19.9 Å². The van der Waals surface area contributed by atoms with Gasteiger partial charge in [0.2, 0.25) is 11.8 Å². The smallest absolute Gasteiger partial charge is 0.243 e. The Labute approximate surface area is 136 Å². The molecule has 0 saturated carbocycles. The minimum Gasteiger partial charge on any atom is -0.486 e. The molecule has 6 nitrogen and oxygen atoms in total. The van der Waals surface area contributed by atoms with E-state index in [1.54, 1.807) is 6.92 Å². The van der Waals surface area contributed by atoms with Gasteiger partial charge in [-0.2, -0.15) is 0 Å². The fourth-order valence-electron chi connectivity index (χ4n) is 2.34. The third kappa shape index (κ3) is 3.94. The molecule has 1 aliphatic rings. The predicted octanol–water partition coefficient (Wildman–Crippen LogP) is 1.41. The molecule has 1 heterocycles. The average Bonchev–Trinajstić information content (AvgIpc) is 2.52. The molecule has 1 aromatic rings. The zero-order valence-corrected chi connectivity index (χ0v) is 13.8. The summed E-state index contributed by atoms with van der Waals surface area (Å²) < 4.78 is 11.0. The lowest BCUT2D eigenvalue weighted by Crippen LogP contribution is -2.58. The van der Waals surface area contributed by atoms with E-state index in [-0.39, 0.29) is 18.2 Å². The molecule has 0 aliphatic carbocycles. The monoisotopic (exact) mass is 320 g/mol. The van der Waals surface area contributed by atoms with Crippen molar-refractivity contribution in [1.82, 2.24) is 5.32 Å². The molecule has 2 rings (SSSR count). The Morgan fingerprint density at radius 3 is 2.52 bits per heavy atom. The lowest BCUT2D eigenvalue weighted by atomic mass is 9.87. The largest absolute Gasteiger partial charge is 0.486 e. The van der Waals surface area contributed by atoms with Gasteiger partial charge in [-0.05, 0) is 37.0 Å². The Morgan fingerprint density at radius 2 is 1.91 bits per heavy atom. The van der Waals surface area contributed by atoms with Crippen LogP contribution in [0.1, 0.15) is 32.8 Å². The highest BCUT2D eigenvalue weighted by molar-refractivity contribution is 5.90. The highest BCUT2D eigenvalue weighted by atomic mass is 16.6. The van der Waals surface area contributed by atoms with Crippen molar-refractivity contribution in [2.24, 2.45) is 11.7 Å². The van der Waals surface area contributed by atoms with Gasteiger partial charge >= 0.3 is 0 Å². The van der Waals surface area contributed by atoms with Crippen LogP contribution in [0.15, 0.2) is 18.2 Å². The zero-order chi connectivity index (χ0) is 17.0. The predicted molar refractivity (Wildman–Crippen MR) is 86.3 cm³/mol. The summed E-state index contributed by atoms with van der Waals surface area (Å²) >= 11 is 0. The number of nitrogens with one attached hydrogen (secondary N) is 1. The van der Waals surface area contributed by atoms with Crippen molar-refractivity contribution in [3.8, 4) is 11.5 Å². The van der Waals surface area contributed by atoms with Crippen LogP contribution in [0.5, 0.6) is 11.5 Å².